The first kappa shape index (κ1) is 109. The summed E-state index contributed by atoms with van der Waals surface area (Å²) in [6.45, 7) is 68.3. The molecule has 0 heterocycles. The predicted molar refractivity (Wildman–Crippen MR) is 592 cm³/mol. The molecule has 12 heteroatoms. The Morgan fingerprint density at radius 1 is 0.365 bits per heavy atom. The van der Waals surface area contributed by atoms with Crippen LogP contribution in [-0.4, -0.2) is 15.5 Å². The van der Waals surface area contributed by atoms with Crippen LogP contribution < -0.4 is 18.9 Å². The van der Waals surface area contributed by atoms with E-state index >= 15 is 0 Å². The van der Waals surface area contributed by atoms with Gasteiger partial charge in [-0.25, -0.2) is 0 Å². The number of unbranched alkanes of at least 4 members (excludes halogenated alkanes) is 1. The van der Waals surface area contributed by atoms with Gasteiger partial charge in [-0.3, -0.25) is 0 Å². The first-order valence-electron chi connectivity index (χ1n) is 44.9. The summed E-state index contributed by atoms with van der Waals surface area (Å²) in [5.74, 6) is 1.65. The minimum absolute atomic E-state index is 0. The zero-order valence-electron chi connectivity index (χ0n) is 81.1. The van der Waals surface area contributed by atoms with Crippen molar-refractivity contribution in [2.75, 3.05) is 0 Å². The number of benzene rings is 10. The maximum absolute atomic E-state index is 6.97. The summed E-state index contributed by atoms with van der Waals surface area (Å²) in [5, 5.41) is 0. The van der Waals surface area contributed by atoms with Gasteiger partial charge in [0, 0.05) is 53.9 Å². The molecular weight excluding hydrogens is 2080 g/mol. The first-order chi connectivity index (χ1) is 57.8. The van der Waals surface area contributed by atoms with Gasteiger partial charge in [0.1, 0.15) is 0 Å². The van der Waals surface area contributed by atoms with Crippen LogP contribution >= 0.6 is 106 Å². The fourth-order valence-corrected chi connectivity index (χ4v) is 26.4. The van der Waals surface area contributed by atoms with Gasteiger partial charge in [0.15, 0.2) is 7.38 Å². The summed E-state index contributed by atoms with van der Waals surface area (Å²) in [6.07, 6.45) is 16.8. The Bertz CT molecular complexity index is 5480. The van der Waals surface area contributed by atoms with E-state index in [0.29, 0.717) is 34.4 Å². The zero-order chi connectivity index (χ0) is 91.9. The average Bonchev–Trinajstić information content (AvgIpc) is 1.56. The summed E-state index contributed by atoms with van der Waals surface area (Å²) in [7, 11) is 16.3. The van der Waals surface area contributed by atoms with E-state index in [1.54, 1.807) is 16.7 Å². The Labute approximate surface area is 842 Å². The molecule has 0 N–H and O–H groups in total. The quantitative estimate of drug-likeness (QED) is 0.0495. The molecule has 126 heavy (non-hydrogen) atoms. The van der Waals surface area contributed by atoms with Crippen LogP contribution in [0.1, 0.15) is 279 Å². The standard InChI is InChI=1S/C44H52Si.C24H31ClSi.C22H26.C20H22.C4H9.4ClH.I2.HI.Li.Zr/c1-28(2)38-27-40-35(31-20-24-33(25-21-31)44(7,8)9)15-13-17-37(40)42(38)45(10,11)41-29(3)26-39-34(14-12-16-36(39)41)30-18-22-32(23-19-30)43(4,5)6;1-16(2)21-15-22-19(9-8-10-20(22)23(21)26(6,7)25)17-11-13-18(14-12-17)24(3,4)5;1-15(2)18-13-17-7-6-8-20(21(17)14-18)16-9-11-19(12-10-16)22(3,4)5;1-14-12-16-6-5-7-18(19(16)13-14)15-8-10-17(11-9-15)20(2,3)4;1-3-4-2;;;;;1-2;;;/h12-28,41-42H,1-11H3;8-16,23H,1-7H3;6-12,14-15H,13H2,1-5H3;5-11,13H,12H2,1-4H3;1,3-4H2,2H3;4*1H;;1H;;/q;;;;-1;;;;;;;+1;+4/p-4. The molecule has 0 saturated heterocycles. The van der Waals surface area contributed by atoms with Crippen LogP contribution in [0.5, 0.6) is 0 Å². The largest absolute Gasteiger partial charge is 1.00 e. The van der Waals surface area contributed by atoms with E-state index in [1.165, 1.54) is 157 Å². The smallest absolute Gasteiger partial charge is 1.00 e. The second-order valence-corrected chi connectivity index (χ2v) is 75.8. The average molecular weight is 2220 g/mol. The molecule has 5 aliphatic carbocycles. The van der Waals surface area contributed by atoms with E-state index in [9.17, 15) is 0 Å². The summed E-state index contributed by atoms with van der Waals surface area (Å²) < 4.78 is 0. The van der Waals surface area contributed by atoms with Gasteiger partial charge >= 0.3 is 68.4 Å². The van der Waals surface area contributed by atoms with Gasteiger partial charge < -0.3 is 6.92 Å². The molecule has 3 unspecified atom stereocenters. The molecule has 3 atom stereocenters. The number of fused-ring (bicyclic) bond motifs is 5. The van der Waals surface area contributed by atoms with Gasteiger partial charge in [-0.1, -0.05) is 455 Å². The van der Waals surface area contributed by atoms with Crippen LogP contribution in [0.2, 0.25) is 26.2 Å². The van der Waals surface area contributed by atoms with E-state index in [-0.39, 0.29) is 69.9 Å². The van der Waals surface area contributed by atoms with Crippen LogP contribution in [0.4, 0.5) is 0 Å². The Morgan fingerprint density at radius 2 is 0.619 bits per heavy atom. The maximum Gasteiger partial charge on any atom is 1.00 e. The van der Waals surface area contributed by atoms with Crippen molar-refractivity contribution in [2.45, 2.75) is 262 Å². The van der Waals surface area contributed by atoms with E-state index in [0.717, 1.165) is 19.3 Å². The number of rotatable bonds is 12. The van der Waals surface area contributed by atoms with Crippen molar-refractivity contribution in [1.82, 2.24) is 0 Å². The Hall–Kier alpha value is -3.55. The number of hydrogen-bond donors (Lipinski definition) is 0. The molecule has 10 aromatic carbocycles. The van der Waals surface area contributed by atoms with Gasteiger partial charge in [0.05, 0.1) is 8.07 Å². The topological polar surface area (TPSA) is 0 Å². The second kappa shape index (κ2) is 45.7. The molecule has 0 saturated carbocycles. The molecule has 0 aliphatic heterocycles. The van der Waals surface area contributed by atoms with Crippen LogP contribution in [0.3, 0.4) is 0 Å². The van der Waals surface area contributed by atoms with Gasteiger partial charge in [-0.15, -0.1) is 24.0 Å². The van der Waals surface area contributed by atoms with Gasteiger partial charge in [0.25, 0.3) is 0 Å². The third-order valence-corrected chi connectivity index (χ3v) is 32.4. The van der Waals surface area contributed by atoms with Crippen molar-refractivity contribution in [3.8, 4) is 55.6 Å². The third kappa shape index (κ3) is 27.6. The van der Waals surface area contributed by atoms with E-state index in [1.807, 2.05) is 0 Å². The molecule has 10 aromatic rings. The van der Waals surface area contributed by atoms with Crippen molar-refractivity contribution in [3.63, 3.8) is 0 Å². The molecule has 0 fully saturated rings. The molecule has 0 aromatic heterocycles. The molecule has 0 amide bonds. The molecule has 666 valence electrons. The molecule has 5 aliphatic rings. The maximum atomic E-state index is 6.97. The molecule has 15 rings (SSSR count). The normalized spacial score (nSPS) is 15.5. The SMILES string of the molecule is CC(C)C1=Cc2c(-c3ccc(C(C)(C)C)cc3)cccc2C1[Si](C)(C)Cl.CC(C)C1=Cc2c(cccc2-c2ccc(C(C)(C)C)cc2)C1.CC1=Cc2c(-c3ccc(C(C)(C)C)cc3)cccc2C1[Si](C)(C)C1C(C(C)C)=Cc2c(-c3ccc(C(C)(C)C)cc3)cccc21.CC1=Cc2c(cccc2-c2ccc(C(C)(C)C)cc2)C1.I.II.[CH2-]CCC.[Cl][Zr]([Cl])([Cl])[Cl].[Li+]. The van der Waals surface area contributed by atoms with Gasteiger partial charge in [-0.2, -0.15) is 17.5 Å². The van der Waals surface area contributed by atoms with Crippen LogP contribution in [0.15, 0.2) is 240 Å². The van der Waals surface area contributed by atoms with E-state index in [2.05, 4.69) is 479 Å². The van der Waals surface area contributed by atoms with E-state index in [4.69, 9.17) is 45.1 Å². The third-order valence-electron chi connectivity index (χ3n) is 25.4. The summed E-state index contributed by atoms with van der Waals surface area (Å²) >= 11 is 7.92. The van der Waals surface area contributed by atoms with Crippen molar-refractivity contribution < 1.29 is 34.4 Å². The minimum Gasteiger partial charge on any atom is 1.00 e. The number of halogens is 8. The molecular formula is C114H141Cl5I3LiSi2Zr. The van der Waals surface area contributed by atoms with E-state index < -0.39 is 31.0 Å². The van der Waals surface area contributed by atoms with Crippen LogP contribution in [0, 0.1) is 24.7 Å². The second-order valence-electron chi connectivity index (χ2n) is 42.0. The summed E-state index contributed by atoms with van der Waals surface area (Å²) in [6, 6.07) is 80.1. The molecule has 0 radical (unpaired) electrons. The zero-order valence-corrected chi connectivity index (χ0v) is 96.0. The Kier molecular flexibility index (Phi) is 39.7. The number of hydrogen-bond acceptors (Lipinski definition) is 0. The van der Waals surface area contributed by atoms with Crippen molar-refractivity contribution in [3.05, 3.63) is 331 Å². The predicted octanol–water partition coefficient (Wildman–Crippen LogP) is 36.1. The Balaban J connectivity index is 0.000000231. The van der Waals surface area contributed by atoms with Gasteiger partial charge in [-0.05, 0) is 211 Å². The monoisotopic (exact) mass is 2220 g/mol. The summed E-state index contributed by atoms with van der Waals surface area (Å²) in [5.41, 5.74) is 44.8. The Morgan fingerprint density at radius 3 is 0.897 bits per heavy atom. The fourth-order valence-electron chi connectivity index (χ4n) is 18.5. The number of allylic oxidation sites excluding steroid dienone is 5. The van der Waals surface area contributed by atoms with Crippen LogP contribution in [0.25, 0.3) is 86.0 Å². The molecule has 0 nitrogen and oxygen atoms in total. The van der Waals surface area contributed by atoms with Crippen molar-refractivity contribution >= 4 is 152 Å². The minimum atomic E-state index is -3.29. The van der Waals surface area contributed by atoms with Crippen molar-refractivity contribution in [2.24, 2.45) is 17.8 Å². The summed E-state index contributed by atoms with van der Waals surface area (Å²) in [4.78, 5) is 0. The van der Waals surface area contributed by atoms with Crippen molar-refractivity contribution in [1.29, 1.82) is 0 Å². The fraction of sp³-hybridized carbons (Fsp3) is 0.377. The molecule has 0 spiro atoms. The van der Waals surface area contributed by atoms with Gasteiger partial charge in [0.2, 0.25) is 0 Å². The first-order valence-corrected chi connectivity index (χ1v) is 71.0. The van der Waals surface area contributed by atoms with Crippen LogP contribution in [-0.2, 0) is 55.4 Å². The molecule has 0 bridgehead atoms.